The van der Waals surface area contributed by atoms with Crippen molar-refractivity contribution in [3.63, 3.8) is 0 Å². The number of hydrogen-bond acceptors (Lipinski definition) is 5. The van der Waals surface area contributed by atoms with E-state index in [9.17, 15) is 13.2 Å². The van der Waals surface area contributed by atoms with E-state index in [0.717, 1.165) is 16.7 Å². The summed E-state index contributed by atoms with van der Waals surface area (Å²) in [4.78, 5) is 12.2. The summed E-state index contributed by atoms with van der Waals surface area (Å²) in [5.41, 5.74) is 2.92. The van der Waals surface area contributed by atoms with Gasteiger partial charge in [0.1, 0.15) is 11.3 Å². The minimum absolute atomic E-state index is 0.0538. The molecule has 0 radical (unpaired) electrons. The van der Waals surface area contributed by atoms with Gasteiger partial charge in [0.2, 0.25) is 5.91 Å². The molecule has 32 heavy (non-hydrogen) atoms. The number of amides is 1. The molecule has 0 aliphatic heterocycles. The highest BCUT2D eigenvalue weighted by molar-refractivity contribution is 7.91. The molecule has 2 heterocycles. The van der Waals surface area contributed by atoms with Gasteiger partial charge in [0, 0.05) is 35.5 Å². The number of benzene rings is 2. The number of fused-ring (bicyclic) bond motifs is 1. The molecule has 0 atom stereocenters. The molecule has 0 aliphatic rings. The van der Waals surface area contributed by atoms with Crippen molar-refractivity contribution in [2.75, 3.05) is 18.1 Å². The van der Waals surface area contributed by atoms with Crippen molar-refractivity contribution in [3.05, 3.63) is 78.5 Å². The predicted molar refractivity (Wildman–Crippen MR) is 125 cm³/mol. The molecule has 0 bridgehead atoms. The lowest BCUT2D eigenvalue weighted by molar-refractivity contribution is -0.116. The van der Waals surface area contributed by atoms with E-state index in [2.05, 4.69) is 5.32 Å². The molecule has 2 aromatic heterocycles. The quantitative estimate of drug-likeness (QED) is 0.412. The maximum absolute atomic E-state index is 12.2. The second kappa shape index (κ2) is 9.23. The summed E-state index contributed by atoms with van der Waals surface area (Å²) in [6, 6.07) is 19.3. The Morgan fingerprint density at radius 3 is 2.62 bits per heavy atom. The number of nitrogens with one attached hydrogen (secondary N) is 1. The van der Waals surface area contributed by atoms with Crippen LogP contribution < -0.4 is 5.32 Å². The van der Waals surface area contributed by atoms with Crippen LogP contribution in [0.2, 0.25) is 0 Å². The Morgan fingerprint density at radius 1 is 1.12 bits per heavy atom. The smallest absolute Gasteiger partial charge is 0.244 e. The SMILES string of the molecule is CCS(=O)(=O)CCNC(=O)/C=C/c1cn(-c2ccccc2)nc1-c1cc2ccccc2o1. The fourth-order valence-electron chi connectivity index (χ4n) is 3.21. The molecule has 0 aliphatic carbocycles. The fraction of sp³-hybridized carbons (Fsp3) is 0.167. The predicted octanol–water partition coefficient (Wildman–Crippen LogP) is 3.85. The minimum atomic E-state index is -3.13. The summed E-state index contributed by atoms with van der Waals surface area (Å²) in [7, 11) is -3.13. The standard InChI is InChI=1S/C24H23N3O4S/c1-2-32(29,30)15-14-25-23(28)13-12-19-17-27(20-9-4-3-5-10-20)26-24(19)22-16-18-8-6-7-11-21(18)31-22/h3-13,16-17H,2,14-15H2,1H3,(H,25,28)/b13-12+. The van der Waals surface area contributed by atoms with E-state index in [4.69, 9.17) is 9.52 Å². The number of hydrogen-bond donors (Lipinski definition) is 1. The Balaban J connectivity index is 1.62. The molecule has 4 aromatic rings. The van der Waals surface area contributed by atoms with Crippen LogP contribution in [0.15, 0.2) is 77.4 Å². The minimum Gasteiger partial charge on any atom is -0.454 e. The molecule has 0 saturated carbocycles. The van der Waals surface area contributed by atoms with E-state index < -0.39 is 9.84 Å². The zero-order valence-electron chi connectivity index (χ0n) is 17.6. The number of para-hydroxylation sites is 2. The molecule has 8 heteroatoms. The van der Waals surface area contributed by atoms with Crippen LogP contribution >= 0.6 is 0 Å². The summed E-state index contributed by atoms with van der Waals surface area (Å²) in [5, 5.41) is 8.26. The van der Waals surface area contributed by atoms with Crippen molar-refractivity contribution < 1.29 is 17.6 Å². The summed E-state index contributed by atoms with van der Waals surface area (Å²) in [6.45, 7) is 1.65. The number of carbonyl (C=O) groups excluding carboxylic acids is 1. The number of furan rings is 1. The lowest BCUT2D eigenvalue weighted by Gasteiger charge is -2.02. The first-order chi connectivity index (χ1) is 15.4. The molecule has 164 valence electrons. The molecule has 0 spiro atoms. The molecule has 2 aromatic carbocycles. The van der Waals surface area contributed by atoms with Crippen LogP contribution in [0.5, 0.6) is 0 Å². The van der Waals surface area contributed by atoms with Gasteiger partial charge in [0.05, 0.1) is 11.4 Å². The van der Waals surface area contributed by atoms with Crippen LogP contribution in [0.25, 0.3) is 34.2 Å². The summed E-state index contributed by atoms with van der Waals surface area (Å²) < 4.78 is 30.9. The van der Waals surface area contributed by atoms with E-state index in [1.807, 2.05) is 66.9 Å². The molecular weight excluding hydrogens is 426 g/mol. The van der Waals surface area contributed by atoms with Crippen molar-refractivity contribution in [1.82, 2.24) is 15.1 Å². The van der Waals surface area contributed by atoms with Crippen molar-refractivity contribution in [3.8, 4) is 17.1 Å². The first-order valence-electron chi connectivity index (χ1n) is 10.3. The maximum Gasteiger partial charge on any atom is 0.244 e. The summed E-state index contributed by atoms with van der Waals surface area (Å²) in [6.07, 6.45) is 4.85. The van der Waals surface area contributed by atoms with Gasteiger partial charge in [-0.05, 0) is 30.3 Å². The van der Waals surface area contributed by atoms with Crippen LogP contribution in [-0.2, 0) is 14.6 Å². The average molecular weight is 450 g/mol. The van der Waals surface area contributed by atoms with Gasteiger partial charge in [-0.25, -0.2) is 13.1 Å². The number of aromatic nitrogens is 2. The third-order valence-corrected chi connectivity index (χ3v) is 6.69. The largest absolute Gasteiger partial charge is 0.454 e. The van der Waals surface area contributed by atoms with Crippen molar-refractivity contribution in [2.45, 2.75) is 6.92 Å². The van der Waals surface area contributed by atoms with E-state index in [1.54, 1.807) is 17.7 Å². The average Bonchev–Trinajstić information content (AvgIpc) is 3.42. The maximum atomic E-state index is 12.2. The molecular formula is C24H23N3O4S. The Bertz CT molecular complexity index is 1340. The Hall–Kier alpha value is -3.65. The van der Waals surface area contributed by atoms with Crippen LogP contribution in [-0.4, -0.2) is 42.2 Å². The zero-order valence-corrected chi connectivity index (χ0v) is 18.4. The fourth-order valence-corrected chi connectivity index (χ4v) is 3.91. The third kappa shape index (κ3) is 4.97. The van der Waals surface area contributed by atoms with Gasteiger partial charge in [0.25, 0.3) is 0 Å². The highest BCUT2D eigenvalue weighted by atomic mass is 32.2. The van der Waals surface area contributed by atoms with Gasteiger partial charge in [-0.2, -0.15) is 5.10 Å². The topological polar surface area (TPSA) is 94.2 Å². The summed E-state index contributed by atoms with van der Waals surface area (Å²) >= 11 is 0. The van der Waals surface area contributed by atoms with Gasteiger partial charge in [0.15, 0.2) is 15.6 Å². The van der Waals surface area contributed by atoms with Gasteiger partial charge >= 0.3 is 0 Å². The molecule has 0 fully saturated rings. The Labute approximate surface area is 186 Å². The van der Waals surface area contributed by atoms with Crippen molar-refractivity contribution in [1.29, 1.82) is 0 Å². The first-order valence-corrected chi connectivity index (χ1v) is 12.1. The van der Waals surface area contributed by atoms with Gasteiger partial charge in [-0.3, -0.25) is 4.79 Å². The first kappa shape index (κ1) is 21.6. The van der Waals surface area contributed by atoms with E-state index >= 15 is 0 Å². The van der Waals surface area contributed by atoms with Gasteiger partial charge in [-0.1, -0.05) is 43.3 Å². The monoisotopic (exact) mass is 449 g/mol. The van der Waals surface area contributed by atoms with Crippen LogP contribution in [0.4, 0.5) is 0 Å². The number of rotatable bonds is 8. The lowest BCUT2D eigenvalue weighted by atomic mass is 10.2. The molecule has 1 N–H and O–H groups in total. The number of sulfone groups is 1. The molecule has 4 rings (SSSR count). The number of nitrogens with zero attached hydrogens (tertiary/aromatic N) is 2. The van der Waals surface area contributed by atoms with Crippen LogP contribution in [0.1, 0.15) is 12.5 Å². The zero-order chi connectivity index (χ0) is 22.6. The second-order valence-corrected chi connectivity index (χ2v) is 9.70. The number of carbonyl (C=O) groups is 1. The van der Waals surface area contributed by atoms with Crippen molar-refractivity contribution >= 4 is 32.8 Å². The van der Waals surface area contributed by atoms with E-state index in [1.165, 1.54) is 6.08 Å². The summed E-state index contributed by atoms with van der Waals surface area (Å²) in [5.74, 6) is 0.187. The normalized spacial score (nSPS) is 11.9. The molecule has 1 amide bonds. The molecule has 7 nitrogen and oxygen atoms in total. The van der Waals surface area contributed by atoms with Crippen LogP contribution in [0.3, 0.4) is 0 Å². The van der Waals surface area contributed by atoms with Crippen LogP contribution in [0, 0.1) is 0 Å². The third-order valence-electron chi connectivity index (χ3n) is 4.99. The highest BCUT2D eigenvalue weighted by Crippen LogP contribution is 2.30. The Kier molecular flexibility index (Phi) is 6.23. The lowest BCUT2D eigenvalue weighted by Crippen LogP contribution is -2.28. The van der Waals surface area contributed by atoms with Gasteiger partial charge < -0.3 is 9.73 Å². The van der Waals surface area contributed by atoms with Crippen molar-refractivity contribution in [2.24, 2.45) is 0 Å². The second-order valence-electron chi connectivity index (χ2n) is 7.22. The van der Waals surface area contributed by atoms with E-state index in [-0.39, 0.29) is 24.0 Å². The van der Waals surface area contributed by atoms with Gasteiger partial charge in [-0.15, -0.1) is 0 Å². The highest BCUT2D eigenvalue weighted by Gasteiger charge is 2.15. The molecule has 0 saturated heterocycles. The molecule has 0 unspecified atom stereocenters. The van der Waals surface area contributed by atoms with E-state index in [0.29, 0.717) is 17.0 Å². The Morgan fingerprint density at radius 2 is 1.88 bits per heavy atom.